The number of carbonyl (C=O) groups excluding carboxylic acids is 3. The van der Waals surface area contributed by atoms with Crippen LogP contribution in [0.3, 0.4) is 0 Å². The number of hydrogen-bond acceptors (Lipinski definition) is 8. The van der Waals surface area contributed by atoms with Crippen LogP contribution in [0, 0.1) is 15.5 Å². The number of esters is 1. The SMILES string of the molecule is CC(C)(C)OC(=O)CCC(=O)[C@]1(C)CC/C=C/[C@H](OC(=O)Oc2ccc([N+](=O)[O-])cc2)CC1. The van der Waals surface area contributed by atoms with E-state index in [1.807, 2.05) is 13.0 Å². The zero-order valence-corrected chi connectivity index (χ0v) is 19.5. The summed E-state index contributed by atoms with van der Waals surface area (Å²) in [5, 5.41) is 10.7. The number of nitro groups is 1. The molecule has 0 fully saturated rings. The van der Waals surface area contributed by atoms with Gasteiger partial charge in [0.05, 0.1) is 11.3 Å². The summed E-state index contributed by atoms with van der Waals surface area (Å²) < 4.78 is 15.7. The molecule has 0 saturated carbocycles. The predicted octanol–water partition coefficient (Wildman–Crippen LogP) is 5.31. The van der Waals surface area contributed by atoms with E-state index >= 15 is 0 Å². The van der Waals surface area contributed by atoms with Gasteiger partial charge in [0.2, 0.25) is 0 Å². The van der Waals surface area contributed by atoms with Gasteiger partial charge in [0, 0.05) is 24.0 Å². The number of Topliss-reactive ketones (excluding diaryl/α,β-unsaturated/α-hetero) is 1. The molecule has 1 aliphatic rings. The van der Waals surface area contributed by atoms with Crippen LogP contribution >= 0.6 is 0 Å². The molecule has 0 saturated heterocycles. The summed E-state index contributed by atoms with van der Waals surface area (Å²) in [6, 6.07) is 5.08. The van der Waals surface area contributed by atoms with E-state index in [-0.39, 0.29) is 30.1 Å². The Morgan fingerprint density at radius 2 is 1.79 bits per heavy atom. The van der Waals surface area contributed by atoms with E-state index in [2.05, 4.69) is 0 Å². The smallest absolute Gasteiger partial charge is 0.460 e. The fourth-order valence-electron chi connectivity index (χ4n) is 3.50. The zero-order chi connectivity index (χ0) is 24.6. The molecular formula is C24H31NO8. The Bertz CT molecular complexity index is 900. The number of nitrogens with zero attached hydrogens (tertiary/aromatic N) is 1. The first-order chi connectivity index (χ1) is 15.4. The minimum Gasteiger partial charge on any atom is -0.460 e. The van der Waals surface area contributed by atoms with E-state index in [9.17, 15) is 24.5 Å². The van der Waals surface area contributed by atoms with Crippen molar-refractivity contribution < 1.29 is 33.5 Å². The predicted molar refractivity (Wildman–Crippen MR) is 120 cm³/mol. The van der Waals surface area contributed by atoms with E-state index in [0.29, 0.717) is 25.7 Å². The molecule has 9 nitrogen and oxygen atoms in total. The van der Waals surface area contributed by atoms with Gasteiger partial charge in [-0.15, -0.1) is 0 Å². The Hall–Kier alpha value is -3.23. The van der Waals surface area contributed by atoms with E-state index in [1.165, 1.54) is 24.3 Å². The average Bonchev–Trinajstić information content (AvgIpc) is 2.70. The summed E-state index contributed by atoms with van der Waals surface area (Å²) in [7, 11) is 0. The third kappa shape index (κ3) is 8.67. The van der Waals surface area contributed by atoms with Crippen LogP contribution in [0.4, 0.5) is 10.5 Å². The maximum Gasteiger partial charge on any atom is 0.514 e. The molecule has 0 radical (unpaired) electrons. The fourth-order valence-corrected chi connectivity index (χ4v) is 3.50. The van der Waals surface area contributed by atoms with Crippen molar-refractivity contribution in [3.63, 3.8) is 0 Å². The van der Waals surface area contributed by atoms with Gasteiger partial charge in [-0.1, -0.05) is 13.0 Å². The highest BCUT2D eigenvalue weighted by Gasteiger charge is 2.34. The maximum absolute atomic E-state index is 12.9. The Labute approximate surface area is 193 Å². The quantitative estimate of drug-likeness (QED) is 0.176. The number of non-ortho nitro benzene ring substituents is 1. The summed E-state index contributed by atoms with van der Waals surface area (Å²) >= 11 is 0. The van der Waals surface area contributed by atoms with Crippen LogP contribution in [-0.2, 0) is 19.1 Å². The minimum absolute atomic E-state index is 0.0177. The topological polar surface area (TPSA) is 122 Å². The Kier molecular flexibility index (Phi) is 8.73. The molecule has 1 aromatic carbocycles. The molecule has 2 rings (SSSR count). The zero-order valence-electron chi connectivity index (χ0n) is 19.5. The van der Waals surface area contributed by atoms with Crippen LogP contribution in [0.25, 0.3) is 0 Å². The van der Waals surface area contributed by atoms with Crippen LogP contribution in [0.5, 0.6) is 5.75 Å². The van der Waals surface area contributed by atoms with E-state index in [0.717, 1.165) is 0 Å². The standard InChI is InChI=1S/C24H31NO8/c1-23(2,3)33-21(27)13-12-20(26)24(4)15-6-5-7-18(14-16-24)31-22(28)32-19-10-8-17(9-11-19)25(29)30/h5,7-11,18H,6,12-16H2,1-4H3/b7-5+/t18-,24+/m0/s1. The van der Waals surface area contributed by atoms with Crippen LogP contribution in [-0.4, -0.2) is 34.5 Å². The molecule has 180 valence electrons. The lowest BCUT2D eigenvalue weighted by atomic mass is 9.74. The lowest BCUT2D eigenvalue weighted by Gasteiger charge is -2.30. The average molecular weight is 462 g/mol. The molecule has 1 aromatic rings. The van der Waals surface area contributed by atoms with Gasteiger partial charge in [0.1, 0.15) is 23.2 Å². The van der Waals surface area contributed by atoms with Gasteiger partial charge in [-0.2, -0.15) is 0 Å². The molecule has 1 aliphatic carbocycles. The van der Waals surface area contributed by atoms with Gasteiger partial charge in [-0.05, 0) is 64.7 Å². The number of carbonyl (C=O) groups is 3. The first-order valence-corrected chi connectivity index (χ1v) is 10.9. The van der Waals surface area contributed by atoms with Gasteiger partial charge < -0.3 is 14.2 Å². The molecule has 9 heteroatoms. The molecule has 33 heavy (non-hydrogen) atoms. The summed E-state index contributed by atoms with van der Waals surface area (Å²) in [5.74, 6) is -0.293. The van der Waals surface area contributed by atoms with Gasteiger partial charge in [-0.25, -0.2) is 4.79 Å². The first-order valence-electron chi connectivity index (χ1n) is 10.9. The lowest BCUT2D eigenvalue weighted by Crippen LogP contribution is -2.32. The minimum atomic E-state index is -0.933. The van der Waals surface area contributed by atoms with Crippen LogP contribution in [0.1, 0.15) is 66.2 Å². The number of nitro benzene ring substituents is 1. The molecule has 0 unspecified atom stereocenters. The number of ketones is 1. The molecule has 0 aliphatic heterocycles. The molecule has 0 heterocycles. The van der Waals surface area contributed by atoms with E-state index in [1.54, 1.807) is 26.8 Å². The van der Waals surface area contributed by atoms with Gasteiger partial charge in [0.25, 0.3) is 5.69 Å². The highest BCUT2D eigenvalue weighted by atomic mass is 16.7. The second-order valence-electron chi connectivity index (χ2n) is 9.34. The van der Waals surface area contributed by atoms with Crippen LogP contribution in [0.15, 0.2) is 36.4 Å². The summed E-state index contributed by atoms with van der Waals surface area (Å²) in [6.07, 6.45) is 4.42. The third-order valence-electron chi connectivity index (χ3n) is 5.34. The summed E-state index contributed by atoms with van der Waals surface area (Å²) in [4.78, 5) is 47.2. The Morgan fingerprint density at radius 3 is 2.39 bits per heavy atom. The molecule has 0 aromatic heterocycles. The highest BCUT2D eigenvalue weighted by molar-refractivity contribution is 5.87. The number of benzene rings is 1. The fraction of sp³-hybridized carbons (Fsp3) is 0.542. The number of allylic oxidation sites excluding steroid dienone is 1. The molecule has 0 N–H and O–H groups in total. The molecule has 0 bridgehead atoms. The van der Waals surface area contributed by atoms with E-state index < -0.39 is 34.2 Å². The molecule has 0 spiro atoms. The van der Waals surface area contributed by atoms with E-state index in [4.69, 9.17) is 14.2 Å². The Balaban J connectivity index is 1.89. The van der Waals surface area contributed by atoms with Crippen LogP contribution < -0.4 is 4.74 Å². The highest BCUT2D eigenvalue weighted by Crippen LogP contribution is 2.35. The monoisotopic (exact) mass is 461 g/mol. The number of hydrogen-bond donors (Lipinski definition) is 0. The third-order valence-corrected chi connectivity index (χ3v) is 5.34. The van der Waals surface area contributed by atoms with Crippen molar-refractivity contribution in [1.82, 2.24) is 0 Å². The van der Waals surface area contributed by atoms with Crippen molar-refractivity contribution >= 4 is 23.6 Å². The number of rotatable bonds is 7. The van der Waals surface area contributed by atoms with Crippen molar-refractivity contribution in [3.05, 3.63) is 46.5 Å². The van der Waals surface area contributed by atoms with Gasteiger partial charge >= 0.3 is 12.1 Å². The van der Waals surface area contributed by atoms with Crippen LogP contribution in [0.2, 0.25) is 0 Å². The van der Waals surface area contributed by atoms with Crippen molar-refractivity contribution in [1.29, 1.82) is 0 Å². The van der Waals surface area contributed by atoms with Crippen molar-refractivity contribution in [2.75, 3.05) is 0 Å². The molecule has 2 atom stereocenters. The lowest BCUT2D eigenvalue weighted by molar-refractivity contribution is -0.384. The number of ether oxygens (including phenoxy) is 3. The van der Waals surface area contributed by atoms with Gasteiger partial charge in [0.15, 0.2) is 0 Å². The second kappa shape index (κ2) is 11.1. The van der Waals surface area contributed by atoms with Crippen molar-refractivity contribution in [2.45, 2.75) is 77.9 Å². The summed E-state index contributed by atoms with van der Waals surface area (Å²) in [5.41, 5.74) is -1.35. The molecular weight excluding hydrogens is 430 g/mol. The molecule has 0 amide bonds. The first kappa shape index (κ1) is 26.0. The maximum atomic E-state index is 12.9. The van der Waals surface area contributed by atoms with Crippen molar-refractivity contribution in [3.8, 4) is 5.75 Å². The Morgan fingerprint density at radius 1 is 1.12 bits per heavy atom. The normalized spacial score (nSPS) is 21.8. The largest absolute Gasteiger partial charge is 0.514 e. The van der Waals surface area contributed by atoms with Crippen molar-refractivity contribution in [2.24, 2.45) is 5.41 Å². The van der Waals surface area contributed by atoms with Gasteiger partial charge in [-0.3, -0.25) is 19.7 Å². The summed E-state index contributed by atoms with van der Waals surface area (Å²) in [6.45, 7) is 7.21. The second-order valence-corrected chi connectivity index (χ2v) is 9.34.